The maximum absolute atomic E-state index is 5.26. The molecule has 0 rings (SSSR count). The van der Waals surface area contributed by atoms with Crippen LogP contribution in [0.15, 0.2) is 0 Å². The van der Waals surface area contributed by atoms with Crippen LogP contribution < -0.4 is 23.2 Å². The predicted octanol–water partition coefficient (Wildman–Crippen LogP) is -1.72. The molecule has 0 aliphatic carbocycles. The van der Waals surface area contributed by atoms with E-state index in [9.17, 15) is 0 Å². The fourth-order valence-corrected chi connectivity index (χ4v) is 0.681. The fraction of sp³-hybridized carbons (Fsp3) is 1.00. The first-order valence-corrected chi connectivity index (χ1v) is 4.86. The van der Waals surface area contributed by atoms with Gasteiger partial charge in [-0.3, -0.25) is 21.7 Å². The highest BCUT2D eigenvalue weighted by Crippen LogP contribution is 1.73. The molecule has 0 bridgehead atoms. The molecular formula is C8H26N6. The average molecular weight is 206 g/mol. The summed E-state index contributed by atoms with van der Waals surface area (Å²) in [5.41, 5.74) is 10.4. The summed E-state index contributed by atoms with van der Waals surface area (Å²) in [4.78, 5) is 0. The van der Waals surface area contributed by atoms with E-state index in [1.807, 2.05) is 14.1 Å². The number of hydrogen-bond donors (Lipinski definition) is 4. The highest BCUT2D eigenvalue weighted by Gasteiger charge is 1.84. The van der Waals surface area contributed by atoms with Crippen molar-refractivity contribution in [2.45, 2.75) is 12.8 Å². The van der Waals surface area contributed by atoms with Crippen molar-refractivity contribution in [3.8, 4) is 0 Å². The maximum atomic E-state index is 5.26. The Labute approximate surface area is 87.1 Å². The first-order chi connectivity index (χ1) is 6.54. The Morgan fingerprint density at radius 3 is 1.14 bits per heavy atom. The Morgan fingerprint density at radius 2 is 1.07 bits per heavy atom. The van der Waals surface area contributed by atoms with E-state index in [-0.39, 0.29) is 0 Å². The molecule has 88 valence electrons. The third-order valence-electron chi connectivity index (χ3n) is 1.43. The van der Waals surface area contributed by atoms with Crippen molar-refractivity contribution in [3.63, 3.8) is 0 Å². The minimum atomic E-state index is 0.724. The van der Waals surface area contributed by atoms with Crippen LogP contribution in [-0.4, -0.2) is 50.3 Å². The van der Waals surface area contributed by atoms with Gasteiger partial charge in [0.2, 0.25) is 0 Å². The fourth-order valence-electron chi connectivity index (χ4n) is 0.681. The van der Waals surface area contributed by atoms with Crippen LogP contribution in [0.3, 0.4) is 0 Å². The minimum absolute atomic E-state index is 0.724. The molecule has 0 aliphatic rings. The number of nitrogens with two attached hydrogens (primary N) is 4. The van der Waals surface area contributed by atoms with Gasteiger partial charge in [0, 0.05) is 27.2 Å². The first-order valence-electron chi connectivity index (χ1n) is 4.86. The molecule has 0 spiro atoms. The average Bonchev–Trinajstić information content (AvgIpc) is 2.12. The van der Waals surface area contributed by atoms with Crippen molar-refractivity contribution in [3.05, 3.63) is 0 Å². The van der Waals surface area contributed by atoms with Crippen molar-refractivity contribution in [2.75, 3.05) is 40.3 Å². The van der Waals surface area contributed by atoms with Gasteiger partial charge in [-0.1, -0.05) is 0 Å². The predicted molar refractivity (Wildman–Crippen MR) is 61.0 cm³/mol. The number of hydrazine groups is 2. The monoisotopic (exact) mass is 206 g/mol. The molecule has 0 fully saturated rings. The first kappa shape index (κ1) is 16.2. The number of nitrogens with zero attached hydrogens (tertiary/aromatic N) is 2. The third-order valence-corrected chi connectivity index (χ3v) is 1.43. The van der Waals surface area contributed by atoms with E-state index in [1.165, 1.54) is 0 Å². The standard InChI is InChI=1S/2C4H13N3/c2*1-7(6)4-2-3-5/h2*2-6H2,1H3. The SMILES string of the molecule is CN(N)CCCN.CN(N)CCCN. The molecule has 0 aromatic rings. The molecule has 0 saturated carbocycles. The highest BCUT2D eigenvalue weighted by atomic mass is 15.4. The van der Waals surface area contributed by atoms with Gasteiger partial charge in [0.1, 0.15) is 0 Å². The van der Waals surface area contributed by atoms with E-state index in [2.05, 4.69) is 0 Å². The van der Waals surface area contributed by atoms with Gasteiger partial charge >= 0.3 is 0 Å². The van der Waals surface area contributed by atoms with Crippen LogP contribution in [0.25, 0.3) is 0 Å². The van der Waals surface area contributed by atoms with Gasteiger partial charge in [0.25, 0.3) is 0 Å². The summed E-state index contributed by atoms with van der Waals surface area (Å²) < 4.78 is 0. The smallest absolute Gasteiger partial charge is 0.0137 e. The van der Waals surface area contributed by atoms with Gasteiger partial charge in [-0.25, -0.2) is 0 Å². The summed E-state index contributed by atoms with van der Waals surface area (Å²) in [7, 11) is 3.66. The third kappa shape index (κ3) is 22.6. The van der Waals surface area contributed by atoms with Crippen LogP contribution in [0.2, 0.25) is 0 Å². The van der Waals surface area contributed by atoms with E-state index in [0.29, 0.717) is 0 Å². The van der Waals surface area contributed by atoms with Gasteiger partial charge in [-0.15, -0.1) is 0 Å². The Balaban J connectivity index is 0. The lowest BCUT2D eigenvalue weighted by Gasteiger charge is -2.05. The molecule has 0 amide bonds. The summed E-state index contributed by atoms with van der Waals surface area (Å²) in [6, 6.07) is 0. The second-order valence-corrected chi connectivity index (χ2v) is 3.25. The zero-order valence-electron chi connectivity index (χ0n) is 9.45. The lowest BCUT2D eigenvalue weighted by Crippen LogP contribution is -2.28. The Hall–Kier alpha value is -0.240. The summed E-state index contributed by atoms with van der Waals surface area (Å²) in [5, 5.41) is 3.26. The Kier molecular flexibility index (Phi) is 14.8. The van der Waals surface area contributed by atoms with E-state index >= 15 is 0 Å². The second-order valence-electron chi connectivity index (χ2n) is 3.25. The molecule has 0 unspecified atom stereocenters. The minimum Gasteiger partial charge on any atom is -0.330 e. The van der Waals surface area contributed by atoms with Crippen LogP contribution in [0, 0.1) is 0 Å². The van der Waals surface area contributed by atoms with Gasteiger partial charge in [0.15, 0.2) is 0 Å². The van der Waals surface area contributed by atoms with E-state index in [4.69, 9.17) is 23.2 Å². The molecule has 0 aromatic carbocycles. The molecule has 0 heterocycles. The topological polar surface area (TPSA) is 111 Å². The summed E-state index contributed by atoms with van der Waals surface area (Å²) in [5.74, 6) is 10.5. The quantitative estimate of drug-likeness (QED) is 0.304. The van der Waals surface area contributed by atoms with Crippen molar-refractivity contribution < 1.29 is 0 Å². The molecule has 14 heavy (non-hydrogen) atoms. The molecule has 0 radical (unpaired) electrons. The molecule has 6 nitrogen and oxygen atoms in total. The highest BCUT2D eigenvalue weighted by molar-refractivity contribution is 4.40. The Bertz CT molecular complexity index is 83.8. The van der Waals surface area contributed by atoms with Crippen molar-refractivity contribution in [1.29, 1.82) is 0 Å². The summed E-state index contributed by atoms with van der Waals surface area (Å²) >= 11 is 0. The summed E-state index contributed by atoms with van der Waals surface area (Å²) in [6.45, 7) is 3.22. The molecule has 0 aromatic heterocycles. The maximum Gasteiger partial charge on any atom is 0.0137 e. The van der Waals surface area contributed by atoms with E-state index in [0.717, 1.165) is 39.0 Å². The largest absolute Gasteiger partial charge is 0.330 e. The van der Waals surface area contributed by atoms with E-state index < -0.39 is 0 Å². The van der Waals surface area contributed by atoms with Gasteiger partial charge in [0.05, 0.1) is 0 Å². The van der Waals surface area contributed by atoms with Gasteiger partial charge in [-0.2, -0.15) is 0 Å². The Morgan fingerprint density at radius 1 is 0.786 bits per heavy atom. The van der Waals surface area contributed by atoms with Crippen LogP contribution in [-0.2, 0) is 0 Å². The summed E-state index contributed by atoms with van der Waals surface area (Å²) in [6.07, 6.45) is 1.96. The van der Waals surface area contributed by atoms with Crippen LogP contribution in [0.5, 0.6) is 0 Å². The second kappa shape index (κ2) is 12.8. The van der Waals surface area contributed by atoms with Gasteiger partial charge in [-0.05, 0) is 25.9 Å². The van der Waals surface area contributed by atoms with Crippen LogP contribution >= 0.6 is 0 Å². The van der Waals surface area contributed by atoms with E-state index in [1.54, 1.807) is 10.0 Å². The number of rotatable bonds is 6. The van der Waals surface area contributed by atoms with Crippen molar-refractivity contribution >= 4 is 0 Å². The van der Waals surface area contributed by atoms with Crippen molar-refractivity contribution in [2.24, 2.45) is 23.2 Å². The molecule has 0 aliphatic heterocycles. The number of hydrogen-bond acceptors (Lipinski definition) is 6. The normalized spacial score (nSPS) is 10.3. The van der Waals surface area contributed by atoms with Crippen LogP contribution in [0.4, 0.5) is 0 Å². The zero-order valence-corrected chi connectivity index (χ0v) is 9.45. The van der Waals surface area contributed by atoms with Gasteiger partial charge < -0.3 is 11.5 Å². The lowest BCUT2D eigenvalue weighted by molar-refractivity contribution is 0.346. The molecular weight excluding hydrogens is 180 g/mol. The van der Waals surface area contributed by atoms with Crippen molar-refractivity contribution in [1.82, 2.24) is 10.0 Å². The zero-order chi connectivity index (χ0) is 11.4. The molecule has 6 heteroatoms. The molecule has 8 N–H and O–H groups in total. The molecule has 0 atom stereocenters. The van der Waals surface area contributed by atoms with Crippen LogP contribution in [0.1, 0.15) is 12.8 Å². The lowest BCUT2D eigenvalue weighted by atomic mass is 10.4. The molecule has 0 saturated heterocycles.